The van der Waals surface area contributed by atoms with E-state index in [2.05, 4.69) is 15.5 Å². The second-order valence-corrected chi connectivity index (χ2v) is 3.99. The van der Waals surface area contributed by atoms with Gasteiger partial charge in [0.1, 0.15) is 0 Å². The van der Waals surface area contributed by atoms with Crippen LogP contribution in [-0.2, 0) is 11.3 Å². The third kappa shape index (κ3) is 3.31. The minimum Gasteiger partial charge on any atom is -0.347 e. The van der Waals surface area contributed by atoms with Crippen LogP contribution < -0.4 is 5.32 Å². The van der Waals surface area contributed by atoms with E-state index in [1.807, 2.05) is 43.3 Å². The van der Waals surface area contributed by atoms with Crippen molar-refractivity contribution in [3.8, 4) is 0 Å². The molecule has 0 radical (unpaired) electrons. The van der Waals surface area contributed by atoms with Crippen molar-refractivity contribution in [1.82, 2.24) is 15.5 Å². The summed E-state index contributed by atoms with van der Waals surface area (Å²) in [6.45, 7) is 2.47. The van der Waals surface area contributed by atoms with E-state index in [0.717, 1.165) is 16.8 Å². The van der Waals surface area contributed by atoms with E-state index in [1.54, 1.807) is 12.3 Å². The molecule has 0 saturated heterocycles. The molecule has 4 heteroatoms. The normalized spacial score (nSPS) is 10.7. The van der Waals surface area contributed by atoms with Gasteiger partial charge in [-0.3, -0.25) is 9.89 Å². The van der Waals surface area contributed by atoms with E-state index >= 15 is 0 Å². The second kappa shape index (κ2) is 5.82. The monoisotopic (exact) mass is 241 g/mol. The Morgan fingerprint density at radius 3 is 2.94 bits per heavy atom. The van der Waals surface area contributed by atoms with Crippen LogP contribution in [0.1, 0.15) is 16.8 Å². The quantitative estimate of drug-likeness (QED) is 0.805. The first-order chi connectivity index (χ1) is 8.75. The summed E-state index contributed by atoms with van der Waals surface area (Å²) in [5.74, 6) is -0.118. The molecule has 0 bridgehead atoms. The van der Waals surface area contributed by atoms with Gasteiger partial charge in [0.15, 0.2) is 0 Å². The zero-order chi connectivity index (χ0) is 12.8. The smallest absolute Gasteiger partial charge is 0.244 e. The number of aryl methyl sites for hydroxylation is 1. The summed E-state index contributed by atoms with van der Waals surface area (Å²) in [7, 11) is 0. The van der Waals surface area contributed by atoms with Crippen LogP contribution in [0.4, 0.5) is 0 Å². The molecule has 0 fully saturated rings. The van der Waals surface area contributed by atoms with Gasteiger partial charge in [0.25, 0.3) is 0 Å². The van der Waals surface area contributed by atoms with Gasteiger partial charge in [-0.1, -0.05) is 24.3 Å². The number of H-pyrrole nitrogens is 1. The summed E-state index contributed by atoms with van der Waals surface area (Å²) in [6.07, 6.45) is 5.01. The first-order valence-electron chi connectivity index (χ1n) is 5.75. The number of rotatable bonds is 4. The van der Waals surface area contributed by atoms with Crippen molar-refractivity contribution in [2.24, 2.45) is 0 Å². The van der Waals surface area contributed by atoms with E-state index in [1.165, 1.54) is 0 Å². The molecule has 0 aliphatic heterocycles. The predicted molar refractivity (Wildman–Crippen MR) is 70.6 cm³/mol. The van der Waals surface area contributed by atoms with Gasteiger partial charge in [0.05, 0.1) is 12.2 Å². The molecule has 2 N–H and O–H groups in total. The largest absolute Gasteiger partial charge is 0.347 e. The van der Waals surface area contributed by atoms with E-state index in [-0.39, 0.29) is 5.91 Å². The number of hydrogen-bond acceptors (Lipinski definition) is 2. The summed E-state index contributed by atoms with van der Waals surface area (Å²) in [4.78, 5) is 11.6. The number of hydrogen-bond donors (Lipinski definition) is 2. The maximum atomic E-state index is 11.6. The highest BCUT2D eigenvalue weighted by atomic mass is 16.1. The van der Waals surface area contributed by atoms with E-state index < -0.39 is 0 Å². The molecule has 0 atom stereocenters. The van der Waals surface area contributed by atoms with Gasteiger partial charge in [0, 0.05) is 12.3 Å². The number of nitrogens with one attached hydrogen (secondary N) is 2. The van der Waals surface area contributed by atoms with Crippen molar-refractivity contribution in [2.75, 3.05) is 0 Å². The number of benzene rings is 1. The maximum absolute atomic E-state index is 11.6. The molecule has 2 aromatic rings. The molecule has 1 amide bonds. The van der Waals surface area contributed by atoms with Crippen LogP contribution in [0, 0.1) is 6.92 Å². The van der Waals surface area contributed by atoms with Crippen molar-refractivity contribution in [1.29, 1.82) is 0 Å². The zero-order valence-corrected chi connectivity index (χ0v) is 10.2. The van der Waals surface area contributed by atoms with Gasteiger partial charge in [0.2, 0.25) is 5.91 Å². The number of amides is 1. The topological polar surface area (TPSA) is 57.8 Å². The molecule has 1 aromatic heterocycles. The van der Waals surface area contributed by atoms with Gasteiger partial charge in [-0.25, -0.2) is 0 Å². The van der Waals surface area contributed by atoms with E-state index in [4.69, 9.17) is 0 Å². The van der Waals surface area contributed by atoms with Crippen LogP contribution in [0.2, 0.25) is 0 Å². The molecule has 1 heterocycles. The lowest BCUT2D eigenvalue weighted by molar-refractivity contribution is -0.116. The molecule has 92 valence electrons. The first kappa shape index (κ1) is 12.1. The van der Waals surface area contributed by atoms with Gasteiger partial charge in [-0.2, -0.15) is 5.10 Å². The molecular weight excluding hydrogens is 226 g/mol. The zero-order valence-electron chi connectivity index (χ0n) is 10.2. The van der Waals surface area contributed by atoms with E-state index in [0.29, 0.717) is 6.54 Å². The highest BCUT2D eigenvalue weighted by Crippen LogP contribution is 2.08. The average molecular weight is 241 g/mol. The summed E-state index contributed by atoms with van der Waals surface area (Å²) in [5.41, 5.74) is 3.08. The maximum Gasteiger partial charge on any atom is 0.244 e. The lowest BCUT2D eigenvalue weighted by Crippen LogP contribution is -2.20. The highest BCUT2D eigenvalue weighted by molar-refractivity contribution is 5.91. The summed E-state index contributed by atoms with van der Waals surface area (Å²) in [6, 6.07) is 9.75. The van der Waals surface area contributed by atoms with Gasteiger partial charge in [-0.05, 0) is 30.2 Å². The molecule has 2 rings (SSSR count). The van der Waals surface area contributed by atoms with Crippen LogP contribution in [0.5, 0.6) is 0 Å². The summed E-state index contributed by atoms with van der Waals surface area (Å²) >= 11 is 0. The van der Waals surface area contributed by atoms with Gasteiger partial charge in [-0.15, -0.1) is 0 Å². The van der Waals surface area contributed by atoms with Crippen molar-refractivity contribution in [3.63, 3.8) is 0 Å². The van der Waals surface area contributed by atoms with Crippen molar-refractivity contribution >= 4 is 12.0 Å². The SMILES string of the molecule is Cc1ccccc1C=CC(=O)NCc1ccn[nH]1. The molecule has 1 aromatic carbocycles. The third-order valence-electron chi connectivity index (χ3n) is 2.61. The van der Waals surface area contributed by atoms with Crippen LogP contribution in [0.15, 0.2) is 42.6 Å². The van der Waals surface area contributed by atoms with Gasteiger partial charge < -0.3 is 5.32 Å². The van der Waals surface area contributed by atoms with Gasteiger partial charge >= 0.3 is 0 Å². The van der Waals surface area contributed by atoms with Crippen molar-refractivity contribution < 1.29 is 4.79 Å². The van der Waals surface area contributed by atoms with Crippen LogP contribution in [0.3, 0.4) is 0 Å². The molecule has 0 spiro atoms. The Hall–Kier alpha value is -2.36. The molecule has 0 aliphatic rings. The standard InChI is InChI=1S/C14H15N3O/c1-11-4-2-3-5-12(11)6-7-14(18)15-10-13-8-9-16-17-13/h2-9H,10H2,1H3,(H,15,18)(H,16,17). The molecule has 18 heavy (non-hydrogen) atoms. The summed E-state index contributed by atoms with van der Waals surface area (Å²) < 4.78 is 0. The number of aromatic nitrogens is 2. The Morgan fingerprint density at radius 1 is 1.39 bits per heavy atom. The molecule has 4 nitrogen and oxygen atoms in total. The summed E-state index contributed by atoms with van der Waals surface area (Å²) in [5, 5.41) is 9.38. The molecule has 0 unspecified atom stereocenters. The number of carbonyl (C=O) groups excluding carboxylic acids is 1. The number of aromatic amines is 1. The first-order valence-corrected chi connectivity index (χ1v) is 5.75. The van der Waals surface area contributed by atoms with Crippen molar-refractivity contribution in [2.45, 2.75) is 13.5 Å². The Labute approximate surface area is 106 Å². The Balaban J connectivity index is 1.89. The highest BCUT2D eigenvalue weighted by Gasteiger charge is 1.98. The minimum atomic E-state index is -0.118. The lowest BCUT2D eigenvalue weighted by atomic mass is 10.1. The fraction of sp³-hybridized carbons (Fsp3) is 0.143. The Bertz CT molecular complexity index is 544. The Morgan fingerprint density at radius 2 is 2.22 bits per heavy atom. The fourth-order valence-electron chi connectivity index (χ4n) is 1.56. The fourth-order valence-corrected chi connectivity index (χ4v) is 1.56. The predicted octanol–water partition coefficient (Wildman–Crippen LogP) is 2.05. The minimum absolute atomic E-state index is 0.118. The van der Waals surface area contributed by atoms with Crippen LogP contribution in [-0.4, -0.2) is 16.1 Å². The van der Waals surface area contributed by atoms with Crippen LogP contribution in [0.25, 0.3) is 6.08 Å². The van der Waals surface area contributed by atoms with Crippen LogP contribution >= 0.6 is 0 Å². The second-order valence-electron chi connectivity index (χ2n) is 3.99. The Kier molecular flexibility index (Phi) is 3.91. The molecular formula is C14H15N3O. The molecule has 0 aliphatic carbocycles. The lowest BCUT2D eigenvalue weighted by Gasteiger charge is -2.00. The number of carbonyl (C=O) groups is 1. The average Bonchev–Trinajstić information content (AvgIpc) is 2.88. The number of nitrogens with zero attached hydrogens (tertiary/aromatic N) is 1. The van der Waals surface area contributed by atoms with Crippen molar-refractivity contribution in [3.05, 3.63) is 59.4 Å². The molecule has 0 saturated carbocycles. The van der Waals surface area contributed by atoms with E-state index in [9.17, 15) is 4.79 Å². The third-order valence-corrected chi connectivity index (χ3v) is 2.61.